The maximum Gasteiger partial charge on any atom is 0.257 e. The van der Waals surface area contributed by atoms with Crippen LogP contribution >= 0.6 is 0 Å². The number of ether oxygens (including phenoxy) is 3. The smallest absolute Gasteiger partial charge is 0.257 e. The van der Waals surface area contributed by atoms with Crippen molar-refractivity contribution in [1.29, 1.82) is 0 Å². The highest BCUT2D eigenvalue weighted by Crippen LogP contribution is 2.31. The molecule has 1 saturated heterocycles. The molecule has 0 radical (unpaired) electrons. The summed E-state index contributed by atoms with van der Waals surface area (Å²) in [6, 6.07) is 16.2. The predicted molar refractivity (Wildman–Crippen MR) is 113 cm³/mol. The van der Waals surface area contributed by atoms with Gasteiger partial charge in [0.25, 0.3) is 5.91 Å². The van der Waals surface area contributed by atoms with Crippen LogP contribution in [0.2, 0.25) is 0 Å². The van der Waals surface area contributed by atoms with E-state index in [0.717, 1.165) is 11.1 Å². The normalized spacial score (nSPS) is 15.0. The summed E-state index contributed by atoms with van der Waals surface area (Å²) in [5.41, 5.74) is 3.37. The highest BCUT2D eigenvalue weighted by molar-refractivity contribution is 5.96. The number of hydrogen-bond acceptors (Lipinski definition) is 8. The number of carbonyl (C=O) groups is 1. The zero-order chi connectivity index (χ0) is 22.0. The summed E-state index contributed by atoms with van der Waals surface area (Å²) in [4.78, 5) is 17.0. The summed E-state index contributed by atoms with van der Waals surface area (Å²) in [7, 11) is 0. The molecule has 1 N–H and O–H groups in total. The zero-order valence-electron chi connectivity index (χ0n) is 17.3. The third-order valence-electron chi connectivity index (χ3n) is 5.23. The van der Waals surface area contributed by atoms with Crippen LogP contribution in [0.4, 0.5) is 0 Å². The van der Waals surface area contributed by atoms with Gasteiger partial charge in [-0.3, -0.25) is 4.79 Å². The molecule has 2 aromatic heterocycles. The Labute approximate surface area is 183 Å². The molecule has 1 fully saturated rings. The maximum absolute atomic E-state index is 12.8. The molecule has 1 aliphatic rings. The van der Waals surface area contributed by atoms with Gasteiger partial charge in [0.15, 0.2) is 5.79 Å². The molecular weight excluding hydrogens is 412 g/mol. The van der Waals surface area contributed by atoms with E-state index in [1.807, 2.05) is 31.2 Å². The summed E-state index contributed by atoms with van der Waals surface area (Å²) in [6.07, 6.45) is 1.56. The van der Waals surface area contributed by atoms with Gasteiger partial charge in [-0.15, -0.1) is 0 Å². The number of rotatable bonds is 6. The standard InChI is InChI=1S/C23H20N4O5/c1-23(29-11-12-30-23)16-6-4-15(5-7-16)14-25-21(28)18-3-2-10-24-22(18)31-17-8-9-19-20(13-17)27-32-26-19/h2-10,13H,11-12,14H2,1H3,(H,25,28). The highest BCUT2D eigenvalue weighted by Gasteiger charge is 2.32. The van der Waals surface area contributed by atoms with E-state index < -0.39 is 5.79 Å². The Morgan fingerprint density at radius 1 is 1.06 bits per heavy atom. The molecule has 0 bridgehead atoms. The predicted octanol–water partition coefficient (Wildman–Crippen LogP) is 3.56. The second-order valence-corrected chi connectivity index (χ2v) is 7.40. The van der Waals surface area contributed by atoms with E-state index in [1.165, 1.54) is 0 Å². The molecule has 32 heavy (non-hydrogen) atoms. The molecule has 5 rings (SSSR count). The second-order valence-electron chi connectivity index (χ2n) is 7.40. The molecule has 0 saturated carbocycles. The minimum Gasteiger partial charge on any atom is -0.438 e. The molecule has 0 spiro atoms. The molecular formula is C23H20N4O5. The van der Waals surface area contributed by atoms with Crippen LogP contribution in [-0.2, 0) is 21.8 Å². The van der Waals surface area contributed by atoms with Gasteiger partial charge >= 0.3 is 0 Å². The summed E-state index contributed by atoms with van der Waals surface area (Å²) < 4.78 is 21.9. The van der Waals surface area contributed by atoms with Crippen molar-refractivity contribution in [3.05, 3.63) is 77.5 Å². The van der Waals surface area contributed by atoms with Gasteiger partial charge in [0.1, 0.15) is 22.3 Å². The van der Waals surface area contributed by atoms with E-state index in [1.54, 1.807) is 36.5 Å². The molecule has 1 aliphatic heterocycles. The monoisotopic (exact) mass is 432 g/mol. The topological polar surface area (TPSA) is 109 Å². The summed E-state index contributed by atoms with van der Waals surface area (Å²) >= 11 is 0. The van der Waals surface area contributed by atoms with Gasteiger partial charge in [-0.25, -0.2) is 9.61 Å². The fourth-order valence-corrected chi connectivity index (χ4v) is 3.47. The Hall–Kier alpha value is -3.82. The largest absolute Gasteiger partial charge is 0.438 e. The molecule has 162 valence electrons. The quantitative estimate of drug-likeness (QED) is 0.493. The van der Waals surface area contributed by atoms with Crippen LogP contribution < -0.4 is 10.1 Å². The molecule has 3 heterocycles. The Morgan fingerprint density at radius 2 is 1.84 bits per heavy atom. The number of benzene rings is 2. The summed E-state index contributed by atoms with van der Waals surface area (Å²) in [5, 5.41) is 10.5. The van der Waals surface area contributed by atoms with Crippen molar-refractivity contribution in [2.75, 3.05) is 13.2 Å². The van der Waals surface area contributed by atoms with E-state index in [4.69, 9.17) is 18.8 Å². The molecule has 2 aromatic carbocycles. The minimum atomic E-state index is -0.714. The molecule has 0 atom stereocenters. The van der Waals surface area contributed by atoms with Crippen LogP contribution in [0.25, 0.3) is 11.0 Å². The fourth-order valence-electron chi connectivity index (χ4n) is 3.47. The number of amides is 1. The summed E-state index contributed by atoms with van der Waals surface area (Å²) in [6.45, 7) is 3.40. The number of pyridine rings is 1. The number of nitrogens with one attached hydrogen (secondary N) is 1. The Bertz CT molecular complexity index is 1250. The molecule has 0 unspecified atom stereocenters. The van der Waals surface area contributed by atoms with E-state index in [-0.39, 0.29) is 11.8 Å². The van der Waals surface area contributed by atoms with Gasteiger partial charge in [0.05, 0.1) is 13.2 Å². The van der Waals surface area contributed by atoms with E-state index in [9.17, 15) is 4.79 Å². The second kappa shape index (κ2) is 8.37. The lowest BCUT2D eigenvalue weighted by Crippen LogP contribution is -2.24. The lowest BCUT2D eigenvalue weighted by molar-refractivity contribution is -0.149. The van der Waals surface area contributed by atoms with Crippen LogP contribution in [0, 0.1) is 0 Å². The van der Waals surface area contributed by atoms with E-state index in [2.05, 4.69) is 20.6 Å². The first kappa shape index (κ1) is 20.1. The van der Waals surface area contributed by atoms with Crippen molar-refractivity contribution < 1.29 is 23.6 Å². The van der Waals surface area contributed by atoms with Crippen LogP contribution in [-0.4, -0.2) is 34.4 Å². The lowest BCUT2D eigenvalue weighted by Gasteiger charge is -2.22. The van der Waals surface area contributed by atoms with Crippen LogP contribution in [0.5, 0.6) is 11.6 Å². The number of fused-ring (bicyclic) bond motifs is 1. The van der Waals surface area contributed by atoms with Crippen LogP contribution in [0.3, 0.4) is 0 Å². The number of hydrogen-bond donors (Lipinski definition) is 1. The van der Waals surface area contributed by atoms with Gasteiger partial charge < -0.3 is 19.5 Å². The van der Waals surface area contributed by atoms with Crippen LogP contribution in [0.1, 0.15) is 28.4 Å². The Morgan fingerprint density at radius 3 is 2.66 bits per heavy atom. The molecule has 4 aromatic rings. The van der Waals surface area contributed by atoms with Crippen molar-refractivity contribution in [2.24, 2.45) is 0 Å². The first-order chi connectivity index (χ1) is 15.6. The van der Waals surface area contributed by atoms with Gasteiger partial charge in [-0.1, -0.05) is 24.3 Å². The fraction of sp³-hybridized carbons (Fsp3) is 0.217. The third-order valence-corrected chi connectivity index (χ3v) is 5.23. The number of carbonyl (C=O) groups excluding carboxylic acids is 1. The van der Waals surface area contributed by atoms with Crippen molar-refractivity contribution in [3.63, 3.8) is 0 Å². The minimum absolute atomic E-state index is 0.194. The Kier molecular flexibility index (Phi) is 5.26. The molecule has 0 aliphatic carbocycles. The van der Waals surface area contributed by atoms with Gasteiger partial charge in [0.2, 0.25) is 5.88 Å². The van der Waals surface area contributed by atoms with Crippen LogP contribution in [0.15, 0.2) is 65.4 Å². The molecule has 9 heteroatoms. The van der Waals surface area contributed by atoms with Gasteiger partial charge in [-0.05, 0) is 47.1 Å². The van der Waals surface area contributed by atoms with E-state index >= 15 is 0 Å². The SMILES string of the molecule is CC1(c2ccc(CNC(=O)c3cccnc3Oc3ccc4nonc4c3)cc2)OCCO1. The zero-order valence-corrected chi connectivity index (χ0v) is 17.3. The first-order valence-electron chi connectivity index (χ1n) is 10.1. The van der Waals surface area contributed by atoms with Gasteiger partial charge in [0, 0.05) is 24.4 Å². The average Bonchev–Trinajstić information content (AvgIpc) is 3.47. The number of aromatic nitrogens is 3. The van der Waals surface area contributed by atoms with E-state index in [0.29, 0.717) is 42.1 Å². The average molecular weight is 432 g/mol. The highest BCUT2D eigenvalue weighted by atomic mass is 16.7. The lowest BCUT2D eigenvalue weighted by atomic mass is 10.1. The van der Waals surface area contributed by atoms with Gasteiger partial charge in [-0.2, -0.15) is 0 Å². The summed E-state index contributed by atoms with van der Waals surface area (Å²) in [5.74, 6) is -0.341. The van der Waals surface area contributed by atoms with Crippen molar-refractivity contribution in [3.8, 4) is 11.6 Å². The maximum atomic E-state index is 12.8. The van der Waals surface area contributed by atoms with Crippen molar-refractivity contribution in [1.82, 2.24) is 20.6 Å². The first-order valence-corrected chi connectivity index (χ1v) is 10.1. The van der Waals surface area contributed by atoms with Crippen molar-refractivity contribution >= 4 is 16.9 Å². The number of nitrogens with zero attached hydrogens (tertiary/aromatic N) is 3. The molecule has 1 amide bonds. The Balaban J connectivity index is 1.26. The van der Waals surface area contributed by atoms with Crippen molar-refractivity contribution in [2.45, 2.75) is 19.3 Å². The third kappa shape index (κ3) is 4.03. The molecule has 9 nitrogen and oxygen atoms in total.